The number of nitrogens with one attached hydrogen (secondary N) is 1. The summed E-state index contributed by atoms with van der Waals surface area (Å²) in [6, 6.07) is 8.05. The van der Waals surface area contributed by atoms with Crippen LogP contribution in [0.4, 0.5) is 0 Å². The Morgan fingerprint density at radius 1 is 1.37 bits per heavy atom. The summed E-state index contributed by atoms with van der Waals surface area (Å²) in [4.78, 5) is 12.1. The van der Waals surface area contributed by atoms with Gasteiger partial charge < -0.3 is 11.1 Å². The van der Waals surface area contributed by atoms with Crippen LogP contribution in [0.25, 0.3) is 0 Å². The number of carbonyl (C=O) groups is 1. The van der Waals surface area contributed by atoms with Crippen LogP contribution in [0.5, 0.6) is 0 Å². The Morgan fingerprint density at radius 3 is 2.63 bits per heavy atom. The predicted octanol–water partition coefficient (Wildman–Crippen LogP) is 2.64. The van der Waals surface area contributed by atoms with Crippen LogP contribution in [0, 0.1) is 3.57 Å². The van der Waals surface area contributed by atoms with Crippen molar-refractivity contribution in [2.45, 2.75) is 37.6 Å². The Morgan fingerprint density at radius 2 is 2.05 bits per heavy atom. The minimum atomic E-state index is -0.140. The van der Waals surface area contributed by atoms with Crippen molar-refractivity contribution in [3.63, 3.8) is 0 Å². The van der Waals surface area contributed by atoms with Crippen LogP contribution < -0.4 is 11.1 Å². The number of hydrogen-bond donors (Lipinski definition) is 2. The van der Waals surface area contributed by atoms with Gasteiger partial charge in [0.15, 0.2) is 0 Å². The van der Waals surface area contributed by atoms with E-state index >= 15 is 0 Å². The Bertz CT molecular complexity index is 433. The van der Waals surface area contributed by atoms with Gasteiger partial charge in [0, 0.05) is 10.1 Å². The fourth-order valence-electron chi connectivity index (χ4n) is 2.60. The summed E-state index contributed by atoms with van der Waals surface area (Å²) in [6.45, 7) is 0.547. The lowest BCUT2D eigenvalue weighted by Gasteiger charge is -2.28. The molecule has 0 aromatic heterocycles. The third-order valence-electron chi connectivity index (χ3n) is 3.61. The van der Waals surface area contributed by atoms with Crippen molar-refractivity contribution < 1.29 is 4.79 Å². The fraction of sp³-hybridized carbons (Fsp3) is 0.500. The van der Waals surface area contributed by atoms with Crippen molar-refractivity contribution in [2.75, 3.05) is 6.54 Å². The zero-order valence-corrected chi connectivity index (χ0v) is 13.8. The molecule has 3 nitrogen and oxygen atoms in total. The number of hydrogen-bond acceptors (Lipinski definition) is 2. The van der Waals surface area contributed by atoms with Crippen LogP contribution in [0.2, 0.25) is 0 Å². The third kappa shape index (κ3) is 4.61. The summed E-state index contributed by atoms with van der Waals surface area (Å²) in [5, 5.41) is 3.14. The molecule has 106 valence electrons. The highest BCUT2D eigenvalue weighted by Crippen LogP contribution is 2.28. The first kappa shape index (κ1) is 16.7. The molecule has 1 amide bonds. The molecule has 0 saturated heterocycles. The molecule has 0 atom stereocenters. The number of amides is 1. The maximum atomic E-state index is 12.1. The van der Waals surface area contributed by atoms with Crippen molar-refractivity contribution in [3.05, 3.63) is 33.4 Å². The highest BCUT2D eigenvalue weighted by molar-refractivity contribution is 14.1. The number of carbonyl (C=O) groups excluding carboxylic acids is 1. The molecule has 1 saturated carbocycles. The van der Waals surface area contributed by atoms with E-state index in [9.17, 15) is 4.79 Å². The minimum Gasteiger partial charge on any atom is -0.349 e. The van der Waals surface area contributed by atoms with E-state index in [1.165, 1.54) is 12.8 Å². The predicted molar refractivity (Wildman–Crippen MR) is 88.5 cm³/mol. The van der Waals surface area contributed by atoms with E-state index in [4.69, 9.17) is 5.73 Å². The van der Waals surface area contributed by atoms with E-state index in [0.29, 0.717) is 13.0 Å². The highest BCUT2D eigenvalue weighted by atomic mass is 127. The second-order valence-electron chi connectivity index (χ2n) is 5.05. The lowest BCUT2D eigenvalue weighted by atomic mass is 9.97. The third-order valence-corrected chi connectivity index (χ3v) is 4.28. The molecule has 1 fully saturated rings. The summed E-state index contributed by atoms with van der Waals surface area (Å²) < 4.78 is 1.16. The Hall–Kier alpha value is -0.330. The quantitative estimate of drug-likeness (QED) is 0.772. The van der Waals surface area contributed by atoms with Crippen LogP contribution in [-0.4, -0.2) is 18.0 Å². The number of nitrogens with two attached hydrogens (primary N) is 1. The standard InChI is InChI=1S/C14H19IN2O.ClH/c15-12-5-3-4-11(8-12)9-13(18)17-14(10-16)6-1-2-7-14;/h3-5,8H,1-2,6-7,9-10,16H2,(H,17,18);1H. The van der Waals surface area contributed by atoms with Gasteiger partial charge in [-0.05, 0) is 53.1 Å². The molecule has 2 rings (SSSR count). The van der Waals surface area contributed by atoms with Crippen LogP contribution in [0.3, 0.4) is 0 Å². The van der Waals surface area contributed by atoms with E-state index in [0.717, 1.165) is 22.0 Å². The first-order chi connectivity index (χ1) is 8.63. The molecule has 1 aromatic rings. The van der Waals surface area contributed by atoms with Crippen molar-refractivity contribution in [1.82, 2.24) is 5.32 Å². The van der Waals surface area contributed by atoms with Gasteiger partial charge in [-0.25, -0.2) is 0 Å². The molecule has 19 heavy (non-hydrogen) atoms. The second-order valence-corrected chi connectivity index (χ2v) is 6.29. The molecule has 0 bridgehead atoms. The molecule has 3 N–H and O–H groups in total. The van der Waals surface area contributed by atoms with Gasteiger partial charge in [0.1, 0.15) is 0 Å². The monoisotopic (exact) mass is 394 g/mol. The summed E-state index contributed by atoms with van der Waals surface area (Å²) in [7, 11) is 0. The van der Waals surface area contributed by atoms with Crippen molar-refractivity contribution in [3.8, 4) is 0 Å². The SMILES string of the molecule is Cl.NCC1(NC(=O)Cc2cccc(I)c2)CCCC1. The number of rotatable bonds is 4. The average molecular weight is 395 g/mol. The number of benzene rings is 1. The molecular formula is C14H20ClIN2O. The summed E-state index contributed by atoms with van der Waals surface area (Å²) in [5.41, 5.74) is 6.74. The maximum Gasteiger partial charge on any atom is 0.224 e. The van der Waals surface area contributed by atoms with E-state index in [-0.39, 0.29) is 23.9 Å². The molecule has 1 aliphatic rings. The van der Waals surface area contributed by atoms with Crippen molar-refractivity contribution in [2.24, 2.45) is 5.73 Å². The summed E-state index contributed by atoms with van der Waals surface area (Å²) >= 11 is 2.26. The molecule has 0 radical (unpaired) electrons. The molecule has 1 aromatic carbocycles. The molecule has 0 unspecified atom stereocenters. The first-order valence-corrected chi connectivity index (χ1v) is 7.47. The highest BCUT2D eigenvalue weighted by Gasteiger charge is 2.33. The van der Waals surface area contributed by atoms with Gasteiger partial charge in [0.05, 0.1) is 12.0 Å². The lowest BCUT2D eigenvalue weighted by Crippen LogP contribution is -2.52. The fourth-order valence-corrected chi connectivity index (χ4v) is 3.21. The second kappa shape index (κ2) is 7.45. The van der Waals surface area contributed by atoms with Gasteiger partial charge in [-0.2, -0.15) is 0 Å². The number of halogens is 2. The molecule has 0 aliphatic heterocycles. The molecule has 5 heteroatoms. The largest absolute Gasteiger partial charge is 0.349 e. The van der Waals surface area contributed by atoms with Gasteiger partial charge in [-0.3, -0.25) is 4.79 Å². The molecule has 1 aliphatic carbocycles. The Balaban J connectivity index is 0.00000180. The van der Waals surface area contributed by atoms with E-state index in [1.807, 2.05) is 24.3 Å². The zero-order valence-electron chi connectivity index (χ0n) is 10.8. The van der Waals surface area contributed by atoms with Crippen LogP contribution in [-0.2, 0) is 11.2 Å². The van der Waals surface area contributed by atoms with E-state index in [2.05, 4.69) is 27.9 Å². The lowest BCUT2D eigenvalue weighted by molar-refractivity contribution is -0.122. The Kier molecular flexibility index (Phi) is 6.56. The Labute approximate surface area is 134 Å². The molecular weight excluding hydrogens is 375 g/mol. The summed E-state index contributed by atoms with van der Waals surface area (Å²) in [6.07, 6.45) is 4.81. The van der Waals surface area contributed by atoms with Gasteiger partial charge in [0.2, 0.25) is 5.91 Å². The smallest absolute Gasteiger partial charge is 0.224 e. The van der Waals surface area contributed by atoms with E-state index in [1.54, 1.807) is 0 Å². The minimum absolute atomic E-state index is 0. The van der Waals surface area contributed by atoms with Crippen molar-refractivity contribution >= 4 is 40.9 Å². The molecule has 0 spiro atoms. The zero-order chi connectivity index (χ0) is 13.0. The maximum absolute atomic E-state index is 12.1. The topological polar surface area (TPSA) is 55.1 Å². The normalized spacial score (nSPS) is 16.7. The summed E-state index contributed by atoms with van der Waals surface area (Å²) in [5.74, 6) is 0.0874. The molecule has 0 heterocycles. The van der Waals surface area contributed by atoms with Gasteiger partial charge >= 0.3 is 0 Å². The van der Waals surface area contributed by atoms with Crippen molar-refractivity contribution in [1.29, 1.82) is 0 Å². The van der Waals surface area contributed by atoms with Gasteiger partial charge in [0.25, 0.3) is 0 Å². The van der Waals surface area contributed by atoms with Gasteiger partial charge in [-0.15, -0.1) is 12.4 Å². The van der Waals surface area contributed by atoms with Crippen LogP contribution >= 0.6 is 35.0 Å². The van der Waals surface area contributed by atoms with E-state index < -0.39 is 0 Å². The van der Waals surface area contributed by atoms with Gasteiger partial charge in [-0.1, -0.05) is 25.0 Å². The van der Waals surface area contributed by atoms with Crippen LogP contribution in [0.1, 0.15) is 31.2 Å². The first-order valence-electron chi connectivity index (χ1n) is 6.39. The average Bonchev–Trinajstić information content (AvgIpc) is 2.78. The van der Waals surface area contributed by atoms with Crippen LogP contribution in [0.15, 0.2) is 24.3 Å².